The summed E-state index contributed by atoms with van der Waals surface area (Å²) < 4.78 is 24.9. The van der Waals surface area contributed by atoms with E-state index in [0.29, 0.717) is 24.3 Å². The number of hydrogen-bond acceptors (Lipinski definition) is 5. The van der Waals surface area contributed by atoms with Crippen molar-refractivity contribution in [2.24, 2.45) is 5.73 Å². The van der Waals surface area contributed by atoms with Crippen LogP contribution in [0.3, 0.4) is 0 Å². The first-order valence-corrected chi connectivity index (χ1v) is 9.44. The molecule has 0 aromatic heterocycles. The van der Waals surface area contributed by atoms with Gasteiger partial charge in [0.2, 0.25) is 0 Å². The molecule has 2 N–H and O–H groups in total. The van der Waals surface area contributed by atoms with Crippen LogP contribution in [0.25, 0.3) is 0 Å². The lowest BCUT2D eigenvalue weighted by atomic mass is 9.91. The number of cyclic esters (lactones) is 1. The van der Waals surface area contributed by atoms with Crippen molar-refractivity contribution in [3.05, 3.63) is 65.5 Å². The fourth-order valence-corrected chi connectivity index (χ4v) is 3.56. The maximum Gasteiger partial charge on any atom is 0.416 e. The minimum Gasteiger partial charge on any atom is -0.445 e. The highest BCUT2D eigenvalue weighted by Gasteiger charge is 2.39. The van der Waals surface area contributed by atoms with E-state index in [0.717, 1.165) is 5.56 Å². The van der Waals surface area contributed by atoms with Crippen LogP contribution in [-0.2, 0) is 16.1 Å². The third-order valence-electron chi connectivity index (χ3n) is 5.36. The summed E-state index contributed by atoms with van der Waals surface area (Å²) in [5.41, 5.74) is 7.54. The van der Waals surface area contributed by atoms with Crippen molar-refractivity contribution in [3.63, 3.8) is 0 Å². The van der Waals surface area contributed by atoms with E-state index in [9.17, 15) is 14.0 Å². The third kappa shape index (κ3) is 3.75. The summed E-state index contributed by atoms with van der Waals surface area (Å²) >= 11 is 0. The molecule has 29 heavy (non-hydrogen) atoms. The second-order valence-electron chi connectivity index (χ2n) is 7.31. The lowest BCUT2D eigenvalue weighted by Gasteiger charge is -2.38. The molecule has 0 bridgehead atoms. The first-order valence-electron chi connectivity index (χ1n) is 9.44. The lowest BCUT2D eigenvalue weighted by Crippen LogP contribution is -2.48. The van der Waals surface area contributed by atoms with Crippen LogP contribution in [0.15, 0.2) is 48.5 Å². The predicted molar refractivity (Wildman–Crippen MR) is 104 cm³/mol. The Balaban J connectivity index is 1.35. The van der Waals surface area contributed by atoms with E-state index in [2.05, 4.69) is 0 Å². The van der Waals surface area contributed by atoms with Crippen molar-refractivity contribution in [3.8, 4) is 0 Å². The average Bonchev–Trinajstić information content (AvgIpc) is 2.93. The summed E-state index contributed by atoms with van der Waals surface area (Å²) in [6.45, 7) is 2.72. The molecule has 2 amide bonds. The summed E-state index contributed by atoms with van der Waals surface area (Å²) in [5, 5.41) is 0. The van der Waals surface area contributed by atoms with Crippen molar-refractivity contribution < 1.29 is 23.5 Å². The number of nitrogens with zero attached hydrogens (tertiary/aromatic N) is 2. The molecule has 2 unspecified atom stereocenters. The number of benzene rings is 2. The number of amides is 2. The summed E-state index contributed by atoms with van der Waals surface area (Å²) in [7, 11) is 0. The van der Waals surface area contributed by atoms with Gasteiger partial charge in [0.15, 0.2) is 6.23 Å². The van der Waals surface area contributed by atoms with E-state index in [1.54, 1.807) is 24.0 Å². The maximum atomic E-state index is 14.7. The third-order valence-corrected chi connectivity index (χ3v) is 5.36. The van der Waals surface area contributed by atoms with E-state index in [-0.39, 0.29) is 18.6 Å². The molecule has 7 nitrogen and oxygen atoms in total. The van der Waals surface area contributed by atoms with Crippen LogP contribution in [-0.4, -0.2) is 42.4 Å². The molecule has 8 heteroatoms. The topological polar surface area (TPSA) is 85.1 Å². The molecule has 2 fully saturated rings. The highest BCUT2D eigenvalue weighted by molar-refractivity contribution is 5.90. The van der Waals surface area contributed by atoms with Gasteiger partial charge in [-0.25, -0.2) is 14.0 Å². The number of carbonyl (C=O) groups is 2. The number of rotatable bonds is 4. The second kappa shape index (κ2) is 7.71. The Bertz CT molecular complexity index is 917. The minimum absolute atomic E-state index is 0.112. The number of nitrogens with two attached hydrogens (primary N) is 1. The first-order chi connectivity index (χ1) is 13.9. The minimum atomic E-state index is -0.743. The second-order valence-corrected chi connectivity index (χ2v) is 7.31. The van der Waals surface area contributed by atoms with Gasteiger partial charge >= 0.3 is 12.2 Å². The van der Waals surface area contributed by atoms with Crippen molar-refractivity contribution in [1.82, 2.24) is 4.90 Å². The number of hydrogen-bond donors (Lipinski definition) is 1. The fraction of sp³-hybridized carbons (Fsp3) is 0.333. The Kier molecular flexibility index (Phi) is 5.10. The Morgan fingerprint density at radius 2 is 1.97 bits per heavy atom. The summed E-state index contributed by atoms with van der Waals surface area (Å²) in [4.78, 5) is 26.9. The molecule has 2 atom stereocenters. The van der Waals surface area contributed by atoms with Gasteiger partial charge in [-0.3, -0.25) is 10.6 Å². The van der Waals surface area contributed by atoms with Crippen LogP contribution < -0.4 is 10.6 Å². The van der Waals surface area contributed by atoms with Crippen LogP contribution in [0, 0.1) is 5.82 Å². The molecule has 152 valence electrons. The molecule has 2 heterocycles. The van der Waals surface area contributed by atoms with Crippen molar-refractivity contribution in [2.75, 3.05) is 18.0 Å². The van der Waals surface area contributed by atoms with Gasteiger partial charge in [-0.2, -0.15) is 0 Å². The van der Waals surface area contributed by atoms with Gasteiger partial charge < -0.3 is 14.4 Å². The average molecular weight is 399 g/mol. The Morgan fingerprint density at radius 1 is 1.24 bits per heavy atom. The van der Waals surface area contributed by atoms with Crippen molar-refractivity contribution in [2.45, 2.75) is 31.7 Å². The van der Waals surface area contributed by atoms with Gasteiger partial charge in [0.05, 0.1) is 11.7 Å². The van der Waals surface area contributed by atoms with Crippen molar-refractivity contribution >= 4 is 17.9 Å². The zero-order valence-electron chi connectivity index (χ0n) is 16.0. The number of ether oxygens (including phenoxy) is 2. The van der Waals surface area contributed by atoms with Crippen LogP contribution in [0.4, 0.5) is 19.7 Å². The van der Waals surface area contributed by atoms with Crippen LogP contribution in [0.2, 0.25) is 0 Å². The van der Waals surface area contributed by atoms with Gasteiger partial charge in [0.1, 0.15) is 12.4 Å². The Labute approximate surface area is 167 Å². The van der Waals surface area contributed by atoms with E-state index in [4.69, 9.17) is 15.2 Å². The van der Waals surface area contributed by atoms with Crippen LogP contribution in [0.1, 0.15) is 24.0 Å². The number of likely N-dealkylation sites (tertiary alicyclic amines) is 1. The van der Waals surface area contributed by atoms with E-state index in [1.165, 1.54) is 11.0 Å². The molecule has 2 aliphatic rings. The number of anilines is 1. The number of carbonyl (C=O) groups excluding carboxylic acids is 2. The quantitative estimate of drug-likeness (QED) is 0.854. The summed E-state index contributed by atoms with van der Waals surface area (Å²) in [5.74, 6) is -0.538. The van der Waals surface area contributed by atoms with E-state index in [1.807, 2.05) is 30.3 Å². The standard InChI is InChI=1S/C21H22FN3O4/c1-13-19(23)29-21(27)25(13)16-7-8-17(18(22)9-16)15-10-24(11-15)20(26)28-12-14-5-3-2-4-6-14/h2-9,13,15,19H,10-12,23H2,1H3. The monoisotopic (exact) mass is 399 g/mol. The SMILES string of the molecule is CC1C(N)OC(=O)N1c1ccc(C2CN(C(=O)OCc3ccccc3)C2)c(F)c1. The summed E-state index contributed by atoms with van der Waals surface area (Å²) in [6, 6.07) is 13.7. The normalized spacial score (nSPS) is 21.7. The maximum absolute atomic E-state index is 14.7. The predicted octanol–water partition coefficient (Wildman–Crippen LogP) is 3.19. The molecule has 2 aromatic carbocycles. The number of halogens is 1. The molecule has 2 aliphatic heterocycles. The van der Waals surface area contributed by atoms with Crippen LogP contribution in [0.5, 0.6) is 0 Å². The zero-order valence-corrected chi connectivity index (χ0v) is 16.0. The van der Waals surface area contributed by atoms with Gasteiger partial charge in [-0.15, -0.1) is 0 Å². The molecular weight excluding hydrogens is 377 g/mol. The van der Waals surface area contributed by atoms with E-state index < -0.39 is 24.2 Å². The van der Waals surface area contributed by atoms with Gasteiger partial charge in [0, 0.05) is 19.0 Å². The highest BCUT2D eigenvalue weighted by atomic mass is 19.1. The van der Waals surface area contributed by atoms with Gasteiger partial charge in [-0.05, 0) is 30.2 Å². The molecule has 2 saturated heterocycles. The van der Waals surface area contributed by atoms with Crippen LogP contribution >= 0.6 is 0 Å². The Morgan fingerprint density at radius 3 is 2.59 bits per heavy atom. The first kappa shape index (κ1) is 19.2. The molecular formula is C21H22FN3O4. The lowest BCUT2D eigenvalue weighted by molar-refractivity contribution is 0.0658. The molecule has 0 aliphatic carbocycles. The smallest absolute Gasteiger partial charge is 0.416 e. The largest absolute Gasteiger partial charge is 0.445 e. The van der Waals surface area contributed by atoms with Gasteiger partial charge in [0.25, 0.3) is 0 Å². The van der Waals surface area contributed by atoms with Gasteiger partial charge in [-0.1, -0.05) is 36.4 Å². The summed E-state index contributed by atoms with van der Waals surface area (Å²) in [6.07, 6.45) is -1.75. The Hall–Kier alpha value is -3.13. The molecule has 0 saturated carbocycles. The van der Waals surface area contributed by atoms with Crippen molar-refractivity contribution in [1.29, 1.82) is 0 Å². The fourth-order valence-electron chi connectivity index (χ4n) is 3.56. The molecule has 4 rings (SSSR count). The molecule has 2 aromatic rings. The molecule has 0 spiro atoms. The molecule has 0 radical (unpaired) electrons. The zero-order chi connectivity index (χ0) is 20.5. The highest BCUT2D eigenvalue weighted by Crippen LogP contribution is 2.33. The van der Waals surface area contributed by atoms with E-state index >= 15 is 0 Å².